The van der Waals surface area contributed by atoms with Crippen LogP contribution < -0.4 is 11.1 Å². The summed E-state index contributed by atoms with van der Waals surface area (Å²) in [7, 11) is 0. The van der Waals surface area contributed by atoms with Crippen molar-refractivity contribution in [2.45, 2.75) is 6.54 Å². The normalized spacial score (nSPS) is 10.2. The van der Waals surface area contributed by atoms with Gasteiger partial charge in [-0.25, -0.2) is 9.67 Å². The highest BCUT2D eigenvalue weighted by Gasteiger charge is 2.09. The first kappa shape index (κ1) is 20.5. The van der Waals surface area contributed by atoms with Gasteiger partial charge < -0.3 is 11.1 Å². The SMILES string of the molecule is I.N=C(c1ccncc1)c1ccc(Nc2cccc(Cn3cncn3)c2)cc1N.[HH].[HH]. The van der Waals surface area contributed by atoms with Gasteiger partial charge in [-0.3, -0.25) is 10.4 Å². The van der Waals surface area contributed by atoms with Gasteiger partial charge in [0.1, 0.15) is 12.7 Å². The van der Waals surface area contributed by atoms with Gasteiger partial charge in [-0.15, -0.1) is 24.0 Å². The number of halogens is 1. The Labute approximate surface area is 188 Å². The molecule has 4 N–H and O–H groups in total. The van der Waals surface area contributed by atoms with E-state index in [2.05, 4.69) is 26.4 Å². The highest BCUT2D eigenvalue weighted by Crippen LogP contribution is 2.24. The third kappa shape index (κ3) is 4.96. The Hall–Kier alpha value is -3.27. The van der Waals surface area contributed by atoms with Crippen molar-refractivity contribution in [3.05, 3.63) is 96.3 Å². The van der Waals surface area contributed by atoms with E-state index >= 15 is 0 Å². The Morgan fingerprint density at radius 3 is 2.55 bits per heavy atom. The van der Waals surface area contributed by atoms with E-state index in [0.29, 0.717) is 23.5 Å². The third-order valence-corrected chi connectivity index (χ3v) is 4.32. The number of pyridine rings is 1. The fraction of sp³-hybridized carbons (Fsp3) is 0.0476. The van der Waals surface area contributed by atoms with Crippen molar-refractivity contribution in [3.8, 4) is 0 Å². The Bertz CT molecular complexity index is 1110. The minimum atomic E-state index is 0. The highest BCUT2D eigenvalue weighted by atomic mass is 127. The lowest BCUT2D eigenvalue weighted by atomic mass is 10.0. The second-order valence-electron chi connectivity index (χ2n) is 6.33. The fourth-order valence-electron chi connectivity index (χ4n) is 2.96. The molecule has 4 rings (SSSR count). The van der Waals surface area contributed by atoms with E-state index in [1.54, 1.807) is 35.5 Å². The summed E-state index contributed by atoms with van der Waals surface area (Å²) in [5.41, 5.74) is 11.5. The number of aromatic nitrogens is 4. The first-order valence-corrected chi connectivity index (χ1v) is 8.76. The summed E-state index contributed by atoms with van der Waals surface area (Å²) in [5, 5.41) is 15.9. The zero-order valence-corrected chi connectivity index (χ0v) is 17.8. The zero-order valence-electron chi connectivity index (χ0n) is 15.5. The molecule has 0 fully saturated rings. The van der Waals surface area contributed by atoms with Crippen LogP contribution in [0, 0.1) is 5.41 Å². The van der Waals surface area contributed by atoms with E-state index in [4.69, 9.17) is 11.1 Å². The van der Waals surface area contributed by atoms with E-state index in [-0.39, 0.29) is 26.8 Å². The standard InChI is InChI=1S/C21H19N7.HI.2H2/c22-20-11-18(4-5-19(20)21(23)16-6-8-24-9-7-16)27-17-3-1-2-15(10-17)12-28-14-25-13-26-28;;;/h1-11,13-14,23,27H,12,22H2;3*1H. The van der Waals surface area contributed by atoms with Gasteiger partial charge in [0.2, 0.25) is 0 Å². The van der Waals surface area contributed by atoms with Gasteiger partial charge in [-0.1, -0.05) is 12.1 Å². The summed E-state index contributed by atoms with van der Waals surface area (Å²) in [4.78, 5) is 7.95. The predicted molar refractivity (Wildman–Crippen MR) is 130 cm³/mol. The molecule has 2 aromatic heterocycles. The second kappa shape index (κ2) is 9.28. The molecule has 150 valence electrons. The van der Waals surface area contributed by atoms with Crippen LogP contribution in [-0.2, 0) is 6.54 Å². The summed E-state index contributed by atoms with van der Waals surface area (Å²) < 4.78 is 1.77. The Balaban J connectivity index is 0.00000160. The van der Waals surface area contributed by atoms with Crippen molar-refractivity contribution in [1.82, 2.24) is 19.7 Å². The maximum absolute atomic E-state index is 8.38. The number of hydrogen-bond acceptors (Lipinski definition) is 6. The number of nitrogens with one attached hydrogen (secondary N) is 2. The van der Waals surface area contributed by atoms with Crippen LogP contribution in [0.1, 0.15) is 19.5 Å². The molecule has 29 heavy (non-hydrogen) atoms. The lowest BCUT2D eigenvalue weighted by molar-refractivity contribution is 0.685. The van der Waals surface area contributed by atoms with Crippen molar-refractivity contribution in [2.24, 2.45) is 0 Å². The van der Waals surface area contributed by atoms with Crippen LogP contribution in [0.3, 0.4) is 0 Å². The zero-order chi connectivity index (χ0) is 19.3. The average molecular weight is 501 g/mol. The molecule has 2 aromatic carbocycles. The maximum atomic E-state index is 8.38. The van der Waals surface area contributed by atoms with Crippen LogP contribution in [0.2, 0.25) is 0 Å². The average Bonchev–Trinajstić information content (AvgIpc) is 3.22. The van der Waals surface area contributed by atoms with E-state index in [9.17, 15) is 0 Å². The third-order valence-electron chi connectivity index (χ3n) is 4.32. The van der Waals surface area contributed by atoms with Crippen molar-refractivity contribution < 1.29 is 2.85 Å². The number of nitrogen functional groups attached to an aromatic ring is 1. The van der Waals surface area contributed by atoms with E-state index in [1.807, 2.05) is 36.4 Å². The molecule has 0 aliphatic carbocycles. The molecule has 0 spiro atoms. The van der Waals surface area contributed by atoms with E-state index in [0.717, 1.165) is 22.5 Å². The van der Waals surface area contributed by atoms with Gasteiger partial charge >= 0.3 is 0 Å². The largest absolute Gasteiger partial charge is 0.398 e. The summed E-state index contributed by atoms with van der Waals surface area (Å²) in [5.74, 6) is 0. The molecule has 0 saturated carbocycles. The van der Waals surface area contributed by atoms with Gasteiger partial charge in [0.25, 0.3) is 0 Å². The Morgan fingerprint density at radius 1 is 1.03 bits per heavy atom. The van der Waals surface area contributed by atoms with Crippen LogP contribution in [0.4, 0.5) is 17.1 Å². The Kier molecular flexibility index (Phi) is 6.55. The first-order valence-electron chi connectivity index (χ1n) is 8.76. The molecule has 0 bridgehead atoms. The Morgan fingerprint density at radius 2 is 1.83 bits per heavy atom. The lowest BCUT2D eigenvalue weighted by Gasteiger charge is -2.12. The van der Waals surface area contributed by atoms with Gasteiger partial charge in [0.05, 0.1) is 12.3 Å². The molecular formula is C21H24IN7. The number of hydrogen-bond donors (Lipinski definition) is 3. The number of nitrogens with zero attached hydrogens (tertiary/aromatic N) is 4. The van der Waals surface area contributed by atoms with Crippen molar-refractivity contribution in [3.63, 3.8) is 0 Å². The van der Waals surface area contributed by atoms with Gasteiger partial charge in [0, 0.05) is 43.4 Å². The molecule has 2 heterocycles. The minimum absolute atomic E-state index is 0. The van der Waals surface area contributed by atoms with Crippen LogP contribution in [0.25, 0.3) is 0 Å². The minimum Gasteiger partial charge on any atom is -0.398 e. The van der Waals surface area contributed by atoms with Crippen LogP contribution in [0.15, 0.2) is 79.6 Å². The topological polar surface area (TPSA) is 106 Å². The molecule has 7 nitrogen and oxygen atoms in total. The van der Waals surface area contributed by atoms with Crippen LogP contribution in [0.5, 0.6) is 0 Å². The number of benzene rings is 2. The summed E-state index contributed by atoms with van der Waals surface area (Å²) >= 11 is 0. The molecular weight excluding hydrogens is 477 g/mol. The summed E-state index contributed by atoms with van der Waals surface area (Å²) in [6.45, 7) is 0.652. The molecule has 0 saturated heterocycles. The quantitative estimate of drug-likeness (QED) is 0.204. The van der Waals surface area contributed by atoms with Crippen LogP contribution in [-0.4, -0.2) is 25.5 Å². The maximum Gasteiger partial charge on any atom is 0.137 e. The van der Waals surface area contributed by atoms with Gasteiger partial charge in [0.15, 0.2) is 0 Å². The highest BCUT2D eigenvalue weighted by molar-refractivity contribution is 14.0. The van der Waals surface area contributed by atoms with E-state index in [1.165, 1.54) is 6.33 Å². The molecule has 0 unspecified atom stereocenters. The van der Waals surface area contributed by atoms with Crippen LogP contribution >= 0.6 is 24.0 Å². The molecule has 0 aliphatic heterocycles. The molecule has 0 amide bonds. The summed E-state index contributed by atoms with van der Waals surface area (Å²) in [6.07, 6.45) is 6.55. The molecule has 8 heteroatoms. The smallest absolute Gasteiger partial charge is 0.137 e. The summed E-state index contributed by atoms with van der Waals surface area (Å²) in [6, 6.07) is 17.3. The second-order valence-corrected chi connectivity index (χ2v) is 6.33. The number of nitrogens with two attached hydrogens (primary N) is 1. The number of anilines is 3. The predicted octanol–water partition coefficient (Wildman–Crippen LogP) is 4.57. The first-order chi connectivity index (χ1) is 13.7. The monoisotopic (exact) mass is 501 g/mol. The molecule has 0 aliphatic rings. The molecule has 0 radical (unpaired) electrons. The fourth-order valence-corrected chi connectivity index (χ4v) is 2.96. The number of rotatable bonds is 6. The van der Waals surface area contributed by atoms with Gasteiger partial charge in [-0.2, -0.15) is 5.10 Å². The van der Waals surface area contributed by atoms with E-state index < -0.39 is 0 Å². The van der Waals surface area contributed by atoms with Gasteiger partial charge in [-0.05, 0) is 48.0 Å². The molecule has 4 aromatic rings. The lowest BCUT2D eigenvalue weighted by Crippen LogP contribution is -2.06. The van der Waals surface area contributed by atoms with Crippen molar-refractivity contribution in [2.75, 3.05) is 11.1 Å². The van der Waals surface area contributed by atoms with Crippen molar-refractivity contribution in [1.29, 1.82) is 5.41 Å². The van der Waals surface area contributed by atoms with Crippen molar-refractivity contribution >= 4 is 46.8 Å². The molecule has 0 atom stereocenters.